The Labute approximate surface area is 114 Å². The third kappa shape index (κ3) is 3.91. The minimum atomic E-state index is -0.208. The fourth-order valence-electron chi connectivity index (χ4n) is 2.54. The molecule has 1 unspecified atom stereocenters. The first-order chi connectivity index (χ1) is 9.20. The number of ether oxygens (including phenoxy) is 1. The van der Waals surface area contributed by atoms with Gasteiger partial charge < -0.3 is 15.0 Å². The van der Waals surface area contributed by atoms with Gasteiger partial charge in [0.15, 0.2) is 0 Å². The molecule has 1 atom stereocenters. The van der Waals surface area contributed by atoms with Crippen molar-refractivity contribution in [3.63, 3.8) is 0 Å². The zero-order chi connectivity index (χ0) is 13.7. The lowest BCUT2D eigenvalue weighted by Crippen LogP contribution is -2.31. The van der Waals surface area contributed by atoms with Crippen LogP contribution in [0.2, 0.25) is 0 Å². The van der Waals surface area contributed by atoms with Gasteiger partial charge >= 0.3 is 0 Å². The van der Waals surface area contributed by atoms with Gasteiger partial charge in [0.25, 0.3) is 0 Å². The maximum atomic E-state index is 13.9. The van der Waals surface area contributed by atoms with Gasteiger partial charge in [0, 0.05) is 30.8 Å². The monoisotopic (exact) mass is 266 g/mol. The van der Waals surface area contributed by atoms with E-state index in [1.165, 1.54) is 32.0 Å². The fraction of sp³-hybridized carbons (Fsp3) is 0.600. The predicted molar refractivity (Wildman–Crippen MR) is 75.0 cm³/mol. The van der Waals surface area contributed by atoms with Gasteiger partial charge in [0.1, 0.15) is 11.6 Å². The van der Waals surface area contributed by atoms with Crippen molar-refractivity contribution in [2.45, 2.75) is 25.8 Å². The van der Waals surface area contributed by atoms with Crippen LogP contribution in [0.1, 0.15) is 31.4 Å². The Balaban J connectivity index is 1.83. The summed E-state index contributed by atoms with van der Waals surface area (Å²) in [7, 11) is 1.55. The van der Waals surface area contributed by atoms with Crippen molar-refractivity contribution in [1.29, 1.82) is 0 Å². The molecule has 1 aromatic rings. The van der Waals surface area contributed by atoms with Gasteiger partial charge in [-0.15, -0.1) is 0 Å². The summed E-state index contributed by atoms with van der Waals surface area (Å²) < 4.78 is 18.9. The zero-order valence-electron chi connectivity index (χ0n) is 11.8. The second-order valence-electron chi connectivity index (χ2n) is 5.11. The van der Waals surface area contributed by atoms with Gasteiger partial charge in [0.05, 0.1) is 7.11 Å². The zero-order valence-corrected chi connectivity index (χ0v) is 11.8. The second kappa shape index (κ2) is 6.87. The topological polar surface area (TPSA) is 24.5 Å². The average molecular weight is 266 g/mol. The van der Waals surface area contributed by atoms with Gasteiger partial charge in [-0.25, -0.2) is 4.39 Å². The van der Waals surface area contributed by atoms with E-state index in [0.29, 0.717) is 11.3 Å². The van der Waals surface area contributed by atoms with Crippen molar-refractivity contribution >= 4 is 0 Å². The molecule has 2 rings (SSSR count). The van der Waals surface area contributed by atoms with Crippen LogP contribution >= 0.6 is 0 Å². The Bertz CT molecular complexity index is 405. The molecule has 0 spiro atoms. The molecule has 1 fully saturated rings. The van der Waals surface area contributed by atoms with Crippen molar-refractivity contribution < 1.29 is 9.13 Å². The van der Waals surface area contributed by atoms with Crippen LogP contribution < -0.4 is 10.1 Å². The molecule has 0 amide bonds. The number of rotatable bonds is 6. The number of methoxy groups -OCH3 is 1. The third-order valence-electron chi connectivity index (χ3n) is 3.75. The highest BCUT2D eigenvalue weighted by Gasteiger charge is 2.13. The molecule has 3 nitrogen and oxygen atoms in total. The van der Waals surface area contributed by atoms with Crippen molar-refractivity contribution in [3.05, 3.63) is 29.6 Å². The Morgan fingerprint density at radius 2 is 2.11 bits per heavy atom. The lowest BCUT2D eigenvalue weighted by Gasteiger charge is -2.19. The van der Waals surface area contributed by atoms with Crippen LogP contribution in [-0.2, 0) is 0 Å². The lowest BCUT2D eigenvalue weighted by molar-refractivity contribution is 0.329. The van der Waals surface area contributed by atoms with Gasteiger partial charge in [-0.3, -0.25) is 0 Å². The van der Waals surface area contributed by atoms with E-state index in [9.17, 15) is 4.39 Å². The third-order valence-corrected chi connectivity index (χ3v) is 3.75. The van der Waals surface area contributed by atoms with Crippen LogP contribution in [0.5, 0.6) is 5.75 Å². The molecule has 0 bridgehead atoms. The average Bonchev–Trinajstić information content (AvgIpc) is 2.91. The summed E-state index contributed by atoms with van der Waals surface area (Å²) in [5.74, 6) is 0.353. The number of hydrogen-bond acceptors (Lipinski definition) is 3. The standard InChI is InChI=1S/C15H23FN2O/c1-12(17-7-10-18-8-3-4-9-18)14-6-5-13(19-2)11-15(14)16/h5-6,11-12,17H,3-4,7-10H2,1-2H3. The molecule has 1 aromatic carbocycles. The van der Waals surface area contributed by atoms with Crippen LogP contribution in [-0.4, -0.2) is 38.2 Å². The first-order valence-electron chi connectivity index (χ1n) is 7.00. The van der Waals surface area contributed by atoms with E-state index < -0.39 is 0 Å². The van der Waals surface area contributed by atoms with Crippen molar-refractivity contribution in [2.75, 3.05) is 33.3 Å². The molecule has 0 aromatic heterocycles. The maximum absolute atomic E-state index is 13.9. The largest absolute Gasteiger partial charge is 0.497 e. The highest BCUT2D eigenvalue weighted by molar-refractivity contribution is 5.30. The van der Waals surface area contributed by atoms with E-state index in [2.05, 4.69) is 10.2 Å². The SMILES string of the molecule is COc1ccc(C(C)NCCN2CCCC2)c(F)c1. The van der Waals surface area contributed by atoms with Crippen LogP contribution in [0, 0.1) is 5.82 Å². The minimum Gasteiger partial charge on any atom is -0.497 e. The quantitative estimate of drug-likeness (QED) is 0.856. The number of nitrogens with one attached hydrogen (secondary N) is 1. The number of halogens is 1. The Hall–Kier alpha value is -1.13. The summed E-state index contributed by atoms with van der Waals surface area (Å²) in [5.41, 5.74) is 0.697. The van der Waals surface area contributed by atoms with E-state index in [-0.39, 0.29) is 11.9 Å². The van der Waals surface area contributed by atoms with Crippen LogP contribution in [0.3, 0.4) is 0 Å². The summed E-state index contributed by atoms with van der Waals surface area (Å²) in [4.78, 5) is 2.45. The van der Waals surface area contributed by atoms with Crippen molar-refractivity contribution in [2.24, 2.45) is 0 Å². The number of hydrogen-bond donors (Lipinski definition) is 1. The molecule has 0 aliphatic carbocycles. The second-order valence-corrected chi connectivity index (χ2v) is 5.11. The van der Waals surface area contributed by atoms with E-state index in [4.69, 9.17) is 4.74 Å². The molecule has 106 valence electrons. The van der Waals surface area contributed by atoms with E-state index >= 15 is 0 Å². The predicted octanol–water partition coefficient (Wildman–Crippen LogP) is 2.58. The van der Waals surface area contributed by atoms with Crippen molar-refractivity contribution in [1.82, 2.24) is 10.2 Å². The Kier molecular flexibility index (Phi) is 5.16. The molecule has 0 radical (unpaired) electrons. The molecule has 1 saturated heterocycles. The molecule has 19 heavy (non-hydrogen) atoms. The van der Waals surface area contributed by atoms with Crippen LogP contribution in [0.25, 0.3) is 0 Å². The Morgan fingerprint density at radius 1 is 1.37 bits per heavy atom. The number of likely N-dealkylation sites (tertiary alicyclic amines) is 1. The van der Waals surface area contributed by atoms with Gasteiger partial charge in [-0.1, -0.05) is 6.07 Å². The molecular weight excluding hydrogens is 243 g/mol. The molecule has 0 saturated carbocycles. The van der Waals surface area contributed by atoms with Gasteiger partial charge in [0.2, 0.25) is 0 Å². The normalized spacial score (nSPS) is 17.6. The summed E-state index contributed by atoms with van der Waals surface area (Å²) in [5, 5.41) is 3.38. The summed E-state index contributed by atoms with van der Waals surface area (Å²) in [6.07, 6.45) is 2.62. The molecular formula is C15H23FN2O. The van der Waals surface area contributed by atoms with E-state index in [1.54, 1.807) is 19.2 Å². The Morgan fingerprint density at radius 3 is 2.74 bits per heavy atom. The van der Waals surface area contributed by atoms with Gasteiger partial charge in [-0.2, -0.15) is 0 Å². The number of benzene rings is 1. The number of nitrogens with zero attached hydrogens (tertiary/aromatic N) is 1. The summed E-state index contributed by atoms with van der Waals surface area (Å²) >= 11 is 0. The summed E-state index contributed by atoms with van der Waals surface area (Å²) in [6.45, 7) is 6.34. The highest BCUT2D eigenvalue weighted by Crippen LogP contribution is 2.21. The van der Waals surface area contributed by atoms with Gasteiger partial charge in [-0.05, 0) is 38.9 Å². The minimum absolute atomic E-state index is 0.0218. The van der Waals surface area contributed by atoms with Crippen molar-refractivity contribution in [3.8, 4) is 5.75 Å². The summed E-state index contributed by atoms with van der Waals surface area (Å²) in [6, 6.07) is 5.06. The molecule has 4 heteroatoms. The van der Waals surface area contributed by atoms with E-state index in [1.807, 2.05) is 6.92 Å². The highest BCUT2D eigenvalue weighted by atomic mass is 19.1. The smallest absolute Gasteiger partial charge is 0.131 e. The molecule has 1 heterocycles. The lowest BCUT2D eigenvalue weighted by atomic mass is 10.1. The van der Waals surface area contributed by atoms with Crippen LogP contribution in [0.15, 0.2) is 18.2 Å². The molecule has 1 aliphatic rings. The van der Waals surface area contributed by atoms with E-state index in [0.717, 1.165) is 13.1 Å². The molecule has 1 aliphatic heterocycles. The van der Waals surface area contributed by atoms with Crippen LogP contribution in [0.4, 0.5) is 4.39 Å². The fourth-order valence-corrected chi connectivity index (χ4v) is 2.54. The first-order valence-corrected chi connectivity index (χ1v) is 7.00. The molecule has 1 N–H and O–H groups in total. The first kappa shape index (κ1) is 14.3. The maximum Gasteiger partial charge on any atom is 0.131 e.